The van der Waals surface area contributed by atoms with Crippen molar-refractivity contribution in [1.29, 1.82) is 0 Å². The molecule has 2 atom stereocenters. The Morgan fingerprint density at radius 3 is 1.77 bits per heavy atom. The van der Waals surface area contributed by atoms with Crippen molar-refractivity contribution in [2.45, 2.75) is 31.3 Å². The van der Waals surface area contributed by atoms with Gasteiger partial charge >= 0.3 is 0 Å². The van der Waals surface area contributed by atoms with E-state index >= 15 is 0 Å². The van der Waals surface area contributed by atoms with Crippen molar-refractivity contribution in [3.05, 3.63) is 0 Å². The van der Waals surface area contributed by atoms with Gasteiger partial charge in [0.15, 0.2) is 0 Å². The lowest BCUT2D eigenvalue weighted by molar-refractivity contribution is -0.156. The molecule has 0 aromatic heterocycles. The fourth-order valence-corrected chi connectivity index (χ4v) is 2.25. The normalized spacial score (nSPS) is 34.0. The summed E-state index contributed by atoms with van der Waals surface area (Å²) in [6.45, 7) is 0. The Kier molecular flexibility index (Phi) is 1.78. The third kappa shape index (κ3) is 1.04. The molecule has 0 aliphatic carbocycles. The molecular formula is C9H14N2O2. The highest BCUT2D eigenvalue weighted by atomic mass is 16.2. The molecule has 2 bridgehead atoms. The molecule has 0 spiro atoms. The van der Waals surface area contributed by atoms with Crippen LogP contribution in [-0.4, -0.2) is 47.8 Å². The summed E-state index contributed by atoms with van der Waals surface area (Å²) in [6, 6.07) is -0.396. The summed E-state index contributed by atoms with van der Waals surface area (Å²) in [7, 11) is 3.46. The molecule has 3 rings (SSSR count). The van der Waals surface area contributed by atoms with Gasteiger partial charge in [-0.1, -0.05) is 0 Å². The number of carbonyl (C=O) groups excluding carboxylic acids is 2. The average molecular weight is 182 g/mol. The lowest BCUT2D eigenvalue weighted by Gasteiger charge is -2.38. The van der Waals surface area contributed by atoms with Crippen molar-refractivity contribution in [3.8, 4) is 0 Å². The minimum absolute atomic E-state index is 0.101. The van der Waals surface area contributed by atoms with Gasteiger partial charge < -0.3 is 9.80 Å². The molecule has 3 heterocycles. The maximum atomic E-state index is 11.7. The zero-order chi connectivity index (χ0) is 9.59. The van der Waals surface area contributed by atoms with E-state index in [9.17, 15) is 9.59 Å². The second-order valence-electron chi connectivity index (χ2n) is 3.86. The van der Waals surface area contributed by atoms with E-state index in [-0.39, 0.29) is 23.9 Å². The van der Waals surface area contributed by atoms with Crippen LogP contribution in [0.4, 0.5) is 0 Å². The van der Waals surface area contributed by atoms with E-state index in [4.69, 9.17) is 0 Å². The fraction of sp³-hybridized carbons (Fsp3) is 0.778. The summed E-state index contributed by atoms with van der Waals surface area (Å²) >= 11 is 0. The Labute approximate surface area is 77.5 Å². The van der Waals surface area contributed by atoms with Gasteiger partial charge in [0.2, 0.25) is 11.8 Å². The van der Waals surface area contributed by atoms with Crippen LogP contribution in [0.5, 0.6) is 0 Å². The van der Waals surface area contributed by atoms with E-state index in [2.05, 4.69) is 0 Å². The van der Waals surface area contributed by atoms with Crippen LogP contribution in [-0.2, 0) is 9.59 Å². The Morgan fingerprint density at radius 1 is 1.00 bits per heavy atom. The predicted octanol–water partition coefficient (Wildman–Crippen LogP) is -0.162. The number of piperazine rings is 1. The van der Waals surface area contributed by atoms with Gasteiger partial charge in [0.05, 0.1) is 0 Å². The zero-order valence-corrected chi connectivity index (χ0v) is 7.99. The van der Waals surface area contributed by atoms with Gasteiger partial charge in [0, 0.05) is 14.1 Å². The van der Waals surface area contributed by atoms with Gasteiger partial charge in [-0.3, -0.25) is 9.59 Å². The van der Waals surface area contributed by atoms with Crippen LogP contribution in [0.25, 0.3) is 0 Å². The van der Waals surface area contributed by atoms with E-state index in [1.54, 1.807) is 23.9 Å². The highest BCUT2D eigenvalue weighted by molar-refractivity contribution is 5.97. The number of fused-ring (bicyclic) bond motifs is 4. The second kappa shape index (κ2) is 2.72. The summed E-state index contributed by atoms with van der Waals surface area (Å²) in [5, 5.41) is 0. The first kappa shape index (κ1) is 8.53. The Hall–Kier alpha value is -1.06. The topological polar surface area (TPSA) is 40.6 Å². The van der Waals surface area contributed by atoms with Gasteiger partial charge in [-0.2, -0.15) is 0 Å². The highest BCUT2D eigenvalue weighted by Gasteiger charge is 2.44. The molecule has 0 radical (unpaired) electrons. The van der Waals surface area contributed by atoms with Crippen LogP contribution in [0.2, 0.25) is 0 Å². The van der Waals surface area contributed by atoms with E-state index < -0.39 is 0 Å². The first-order valence-corrected chi connectivity index (χ1v) is 4.66. The van der Waals surface area contributed by atoms with Crippen LogP contribution in [0, 0.1) is 0 Å². The Balaban J connectivity index is 2.38. The largest absolute Gasteiger partial charge is 0.332 e. The standard InChI is InChI=1S/C9H14N2O2/c1-10-6-4-3-5-7(8(10)12)11(2)9(6)13/h6-7H,3-5H2,1-2H3. The van der Waals surface area contributed by atoms with Crippen molar-refractivity contribution in [2.75, 3.05) is 14.1 Å². The first-order valence-electron chi connectivity index (χ1n) is 4.66. The third-order valence-corrected chi connectivity index (χ3v) is 3.16. The van der Waals surface area contributed by atoms with Crippen molar-refractivity contribution in [2.24, 2.45) is 0 Å². The number of likely N-dealkylation sites (N-methyl/N-ethyl adjacent to an activating group) is 2. The zero-order valence-electron chi connectivity index (χ0n) is 7.99. The van der Waals surface area contributed by atoms with Crippen LogP contribution in [0.3, 0.4) is 0 Å². The van der Waals surface area contributed by atoms with Crippen LogP contribution >= 0.6 is 0 Å². The molecule has 4 nitrogen and oxygen atoms in total. The average Bonchev–Trinajstić information content (AvgIpc) is 2.33. The van der Waals surface area contributed by atoms with Crippen molar-refractivity contribution in [3.63, 3.8) is 0 Å². The Morgan fingerprint density at radius 2 is 1.38 bits per heavy atom. The van der Waals surface area contributed by atoms with Gasteiger partial charge in [-0.05, 0) is 19.3 Å². The maximum absolute atomic E-state index is 11.7. The Bertz CT molecular complexity index is 238. The molecule has 0 saturated carbocycles. The van der Waals surface area contributed by atoms with E-state index in [1.165, 1.54) is 0 Å². The molecule has 3 aliphatic rings. The molecule has 0 aromatic carbocycles. The number of nitrogens with zero attached hydrogens (tertiary/aromatic N) is 2. The predicted molar refractivity (Wildman–Crippen MR) is 47.0 cm³/mol. The van der Waals surface area contributed by atoms with Crippen LogP contribution in [0.1, 0.15) is 19.3 Å². The number of hydrogen-bond acceptors (Lipinski definition) is 2. The molecule has 0 aromatic rings. The van der Waals surface area contributed by atoms with E-state index in [0.717, 1.165) is 19.3 Å². The minimum atomic E-state index is -0.198. The molecule has 3 aliphatic heterocycles. The monoisotopic (exact) mass is 182 g/mol. The molecule has 72 valence electrons. The summed E-state index contributed by atoms with van der Waals surface area (Å²) in [6.07, 6.45) is 2.62. The maximum Gasteiger partial charge on any atom is 0.245 e. The van der Waals surface area contributed by atoms with Gasteiger partial charge in [-0.15, -0.1) is 0 Å². The van der Waals surface area contributed by atoms with Gasteiger partial charge in [-0.25, -0.2) is 0 Å². The summed E-state index contributed by atoms with van der Waals surface area (Å²) in [5.74, 6) is 0.203. The number of rotatable bonds is 0. The molecule has 2 unspecified atom stereocenters. The lowest BCUT2D eigenvalue weighted by atomic mass is 10.1. The smallest absolute Gasteiger partial charge is 0.245 e. The fourth-order valence-electron chi connectivity index (χ4n) is 2.25. The summed E-state index contributed by atoms with van der Waals surface area (Å²) in [5.41, 5.74) is 0. The highest BCUT2D eigenvalue weighted by Crippen LogP contribution is 2.26. The first-order chi connectivity index (χ1) is 6.13. The van der Waals surface area contributed by atoms with E-state index in [1.807, 2.05) is 0 Å². The lowest BCUT2D eigenvalue weighted by Crippen LogP contribution is -2.60. The molecule has 13 heavy (non-hydrogen) atoms. The van der Waals surface area contributed by atoms with Crippen molar-refractivity contribution in [1.82, 2.24) is 9.80 Å². The van der Waals surface area contributed by atoms with Crippen LogP contribution < -0.4 is 0 Å². The van der Waals surface area contributed by atoms with Gasteiger partial charge in [0.25, 0.3) is 0 Å². The summed E-state index contributed by atoms with van der Waals surface area (Å²) in [4.78, 5) is 26.6. The molecule has 4 heteroatoms. The van der Waals surface area contributed by atoms with Crippen molar-refractivity contribution >= 4 is 11.8 Å². The molecule has 3 fully saturated rings. The number of carbonyl (C=O) groups is 2. The number of hydrogen-bond donors (Lipinski definition) is 0. The van der Waals surface area contributed by atoms with Crippen molar-refractivity contribution < 1.29 is 9.59 Å². The SMILES string of the molecule is CN1C(=O)C2CCCC1C(=O)N2C. The quantitative estimate of drug-likeness (QED) is 0.522. The molecule has 0 N–H and O–H groups in total. The van der Waals surface area contributed by atoms with E-state index in [0.29, 0.717) is 0 Å². The number of amides is 2. The van der Waals surface area contributed by atoms with Crippen LogP contribution in [0.15, 0.2) is 0 Å². The molecule has 3 saturated heterocycles. The second-order valence-corrected chi connectivity index (χ2v) is 3.86. The third-order valence-electron chi connectivity index (χ3n) is 3.16. The van der Waals surface area contributed by atoms with Gasteiger partial charge in [0.1, 0.15) is 12.1 Å². The summed E-state index contributed by atoms with van der Waals surface area (Å²) < 4.78 is 0. The minimum Gasteiger partial charge on any atom is -0.332 e. The molecular weight excluding hydrogens is 168 g/mol. The molecule has 2 amide bonds.